The Balaban J connectivity index is 2.23. The predicted octanol–water partition coefficient (Wildman–Crippen LogP) is 2.79. The minimum atomic E-state index is -0.0862. The molecule has 0 aliphatic carbocycles. The maximum Gasteiger partial charge on any atom is 0.164 e. The molecule has 3 nitrogen and oxygen atoms in total. The van der Waals surface area contributed by atoms with Crippen molar-refractivity contribution in [2.75, 3.05) is 0 Å². The zero-order chi connectivity index (χ0) is 13.1. The molecule has 0 saturated heterocycles. The van der Waals surface area contributed by atoms with E-state index >= 15 is 0 Å². The lowest BCUT2D eigenvalue weighted by molar-refractivity contribution is 0.0968. The van der Waals surface area contributed by atoms with E-state index in [2.05, 4.69) is 4.98 Å². The van der Waals surface area contributed by atoms with Crippen LogP contribution in [0.5, 0.6) is 0 Å². The topological polar surface area (TPSA) is 56.0 Å². The lowest BCUT2D eigenvalue weighted by atomic mass is 9.96. The number of pyridine rings is 1. The molecule has 0 fully saturated rings. The van der Waals surface area contributed by atoms with Crippen LogP contribution in [0.4, 0.5) is 0 Å². The Kier molecular flexibility index (Phi) is 3.72. The molecule has 0 bridgehead atoms. The van der Waals surface area contributed by atoms with Crippen LogP contribution in [0.1, 0.15) is 30.6 Å². The van der Waals surface area contributed by atoms with Gasteiger partial charge in [-0.1, -0.05) is 32.0 Å². The number of hydrogen-bond acceptors (Lipinski definition) is 3. The van der Waals surface area contributed by atoms with Crippen molar-refractivity contribution in [3.05, 3.63) is 42.1 Å². The number of fused-ring (bicyclic) bond motifs is 1. The molecule has 0 aliphatic heterocycles. The average molecular weight is 242 g/mol. The second-order valence-electron chi connectivity index (χ2n) is 4.95. The summed E-state index contributed by atoms with van der Waals surface area (Å²) in [4.78, 5) is 16.4. The number of benzene rings is 1. The highest BCUT2D eigenvalue weighted by atomic mass is 16.1. The van der Waals surface area contributed by atoms with Crippen molar-refractivity contribution < 1.29 is 4.79 Å². The summed E-state index contributed by atoms with van der Waals surface area (Å²) in [5.74, 6) is 0.399. The normalized spacial score (nSPS) is 12.9. The van der Waals surface area contributed by atoms with E-state index in [9.17, 15) is 4.79 Å². The van der Waals surface area contributed by atoms with Crippen LogP contribution in [-0.2, 0) is 0 Å². The van der Waals surface area contributed by atoms with Gasteiger partial charge < -0.3 is 5.73 Å². The van der Waals surface area contributed by atoms with Gasteiger partial charge in [0, 0.05) is 29.6 Å². The molecule has 3 heteroatoms. The largest absolute Gasteiger partial charge is 0.327 e. The first-order valence-electron chi connectivity index (χ1n) is 6.21. The van der Waals surface area contributed by atoms with E-state index in [-0.39, 0.29) is 11.8 Å². The summed E-state index contributed by atoms with van der Waals surface area (Å²) in [7, 11) is 0. The number of nitrogens with two attached hydrogens (primary N) is 1. The Morgan fingerprint density at radius 3 is 2.83 bits per heavy atom. The number of hydrogen-bond donors (Lipinski definition) is 1. The maximum atomic E-state index is 12.1. The zero-order valence-electron chi connectivity index (χ0n) is 10.8. The second-order valence-corrected chi connectivity index (χ2v) is 4.95. The third kappa shape index (κ3) is 2.74. The Morgan fingerprint density at radius 1 is 1.33 bits per heavy atom. The van der Waals surface area contributed by atoms with E-state index in [0.717, 1.165) is 10.9 Å². The number of rotatable bonds is 4. The predicted molar refractivity (Wildman–Crippen MR) is 73.5 cm³/mol. The van der Waals surface area contributed by atoms with Gasteiger partial charge in [0.25, 0.3) is 0 Å². The number of nitrogens with zero attached hydrogens (tertiary/aromatic N) is 1. The molecule has 94 valence electrons. The Bertz CT molecular complexity index is 563. The second kappa shape index (κ2) is 5.27. The quantitative estimate of drug-likeness (QED) is 0.839. The molecule has 2 aromatic rings. The van der Waals surface area contributed by atoms with E-state index in [1.54, 1.807) is 6.20 Å². The molecule has 0 radical (unpaired) electrons. The standard InChI is InChI=1S/C15H18N2O/c1-10(2)13(16)9-15(18)12-6-5-11-4-3-7-17-14(11)8-12/h3-8,10,13H,9,16H2,1-2H3. The minimum absolute atomic E-state index is 0.0862. The van der Waals surface area contributed by atoms with E-state index in [1.165, 1.54) is 0 Å². The summed E-state index contributed by atoms with van der Waals surface area (Å²) in [5, 5.41) is 1.04. The van der Waals surface area contributed by atoms with E-state index in [1.807, 2.05) is 44.2 Å². The lowest BCUT2D eigenvalue weighted by Crippen LogP contribution is -2.29. The molecule has 1 atom stereocenters. The van der Waals surface area contributed by atoms with Gasteiger partial charge in [0.15, 0.2) is 5.78 Å². The van der Waals surface area contributed by atoms with Gasteiger partial charge in [-0.15, -0.1) is 0 Å². The zero-order valence-corrected chi connectivity index (χ0v) is 10.8. The van der Waals surface area contributed by atoms with Gasteiger partial charge in [-0.25, -0.2) is 0 Å². The molecule has 1 aromatic carbocycles. The Labute approximate surface area is 107 Å². The number of carbonyl (C=O) groups is 1. The fourth-order valence-corrected chi connectivity index (χ4v) is 1.81. The van der Waals surface area contributed by atoms with Crippen LogP contribution in [0.3, 0.4) is 0 Å². The first-order valence-corrected chi connectivity index (χ1v) is 6.21. The maximum absolute atomic E-state index is 12.1. The van der Waals surface area contributed by atoms with E-state index < -0.39 is 0 Å². The smallest absolute Gasteiger partial charge is 0.164 e. The van der Waals surface area contributed by atoms with Crippen molar-refractivity contribution in [1.29, 1.82) is 0 Å². The molecule has 2 N–H and O–H groups in total. The number of aromatic nitrogens is 1. The van der Waals surface area contributed by atoms with Crippen LogP contribution in [0.15, 0.2) is 36.5 Å². The summed E-state index contributed by atoms with van der Waals surface area (Å²) in [5.41, 5.74) is 7.47. The van der Waals surface area contributed by atoms with E-state index in [0.29, 0.717) is 17.9 Å². The summed E-state index contributed by atoms with van der Waals surface area (Å²) >= 11 is 0. The SMILES string of the molecule is CC(C)C(N)CC(=O)c1ccc2cccnc2c1. The molecular weight excluding hydrogens is 224 g/mol. The number of ketones is 1. The monoisotopic (exact) mass is 242 g/mol. The first-order chi connectivity index (χ1) is 8.58. The first kappa shape index (κ1) is 12.7. The van der Waals surface area contributed by atoms with Gasteiger partial charge in [-0.3, -0.25) is 9.78 Å². The Morgan fingerprint density at radius 2 is 2.11 bits per heavy atom. The van der Waals surface area contributed by atoms with Crippen molar-refractivity contribution in [2.45, 2.75) is 26.3 Å². The van der Waals surface area contributed by atoms with Crippen LogP contribution < -0.4 is 5.73 Å². The molecule has 18 heavy (non-hydrogen) atoms. The van der Waals surface area contributed by atoms with Gasteiger partial charge in [0.2, 0.25) is 0 Å². The summed E-state index contributed by atoms with van der Waals surface area (Å²) < 4.78 is 0. The minimum Gasteiger partial charge on any atom is -0.327 e. The van der Waals surface area contributed by atoms with Crippen molar-refractivity contribution in [1.82, 2.24) is 4.98 Å². The molecule has 2 rings (SSSR count). The van der Waals surface area contributed by atoms with Crippen molar-refractivity contribution in [2.24, 2.45) is 11.7 Å². The highest BCUT2D eigenvalue weighted by molar-refractivity contribution is 5.99. The molecule has 1 heterocycles. The van der Waals surface area contributed by atoms with Gasteiger partial charge in [-0.05, 0) is 18.1 Å². The van der Waals surface area contributed by atoms with E-state index in [4.69, 9.17) is 5.73 Å². The third-order valence-corrected chi connectivity index (χ3v) is 3.21. The number of carbonyl (C=O) groups excluding carboxylic acids is 1. The molecule has 1 unspecified atom stereocenters. The molecule has 0 spiro atoms. The van der Waals surface area contributed by atoms with Crippen LogP contribution in [0.2, 0.25) is 0 Å². The average Bonchev–Trinajstić information content (AvgIpc) is 2.37. The summed E-state index contributed by atoms with van der Waals surface area (Å²) in [6.07, 6.45) is 2.12. The molecule has 0 saturated carbocycles. The van der Waals surface area contributed by atoms with Crippen LogP contribution in [0.25, 0.3) is 10.9 Å². The lowest BCUT2D eigenvalue weighted by Gasteiger charge is -2.14. The molecule has 1 aromatic heterocycles. The fourth-order valence-electron chi connectivity index (χ4n) is 1.81. The Hall–Kier alpha value is -1.74. The molecular formula is C15H18N2O. The highest BCUT2D eigenvalue weighted by Gasteiger charge is 2.14. The van der Waals surface area contributed by atoms with Crippen molar-refractivity contribution in [3.63, 3.8) is 0 Å². The third-order valence-electron chi connectivity index (χ3n) is 3.21. The van der Waals surface area contributed by atoms with Crippen molar-refractivity contribution in [3.8, 4) is 0 Å². The van der Waals surface area contributed by atoms with Crippen molar-refractivity contribution >= 4 is 16.7 Å². The van der Waals surface area contributed by atoms with Crippen LogP contribution in [0, 0.1) is 5.92 Å². The molecule has 0 aliphatic rings. The van der Waals surface area contributed by atoms with Gasteiger partial charge >= 0.3 is 0 Å². The van der Waals surface area contributed by atoms with Crippen LogP contribution in [-0.4, -0.2) is 16.8 Å². The molecule has 0 amide bonds. The van der Waals surface area contributed by atoms with Gasteiger partial charge in [0.05, 0.1) is 5.52 Å². The summed E-state index contributed by atoms with van der Waals surface area (Å²) in [6, 6.07) is 9.40. The summed E-state index contributed by atoms with van der Waals surface area (Å²) in [6.45, 7) is 4.06. The van der Waals surface area contributed by atoms with Crippen LogP contribution >= 0.6 is 0 Å². The highest BCUT2D eigenvalue weighted by Crippen LogP contribution is 2.16. The fraction of sp³-hybridized carbons (Fsp3) is 0.333. The number of Topliss-reactive ketones (excluding diaryl/α,β-unsaturated/α-hetero) is 1. The van der Waals surface area contributed by atoms with Gasteiger partial charge in [-0.2, -0.15) is 0 Å². The van der Waals surface area contributed by atoms with Gasteiger partial charge in [0.1, 0.15) is 0 Å².